The first-order valence-electron chi connectivity index (χ1n) is 10.5. The Hall–Kier alpha value is -1.95. The van der Waals surface area contributed by atoms with E-state index in [0.29, 0.717) is 0 Å². The van der Waals surface area contributed by atoms with Crippen molar-refractivity contribution in [2.45, 2.75) is 26.2 Å². The molecule has 0 unspecified atom stereocenters. The highest BCUT2D eigenvalue weighted by atomic mass is 16.2. The third-order valence-electron chi connectivity index (χ3n) is 5.71. The number of urea groups is 1. The molecule has 0 aromatic heterocycles. The summed E-state index contributed by atoms with van der Waals surface area (Å²) in [6.45, 7) is 10.8. The van der Waals surface area contributed by atoms with Crippen molar-refractivity contribution in [1.82, 2.24) is 15.1 Å². The summed E-state index contributed by atoms with van der Waals surface area (Å²) in [5, 5.41) is 3.05. The molecule has 0 saturated carbocycles. The third-order valence-corrected chi connectivity index (χ3v) is 5.71. The van der Waals surface area contributed by atoms with Gasteiger partial charge in [0.1, 0.15) is 0 Å². The Balaban J connectivity index is 1.44. The van der Waals surface area contributed by atoms with Gasteiger partial charge >= 0.3 is 6.03 Å². The van der Waals surface area contributed by atoms with E-state index in [1.807, 2.05) is 4.90 Å². The monoisotopic (exact) mass is 373 g/mol. The van der Waals surface area contributed by atoms with Crippen molar-refractivity contribution >= 4 is 17.4 Å². The van der Waals surface area contributed by atoms with Gasteiger partial charge in [-0.25, -0.2) is 4.79 Å². The number of nitrogens with zero attached hydrogens (tertiary/aromatic N) is 4. The largest absolute Gasteiger partial charge is 0.369 e. The van der Waals surface area contributed by atoms with Crippen LogP contribution < -0.4 is 15.1 Å². The molecule has 1 N–H and O–H groups in total. The molecule has 1 aromatic rings. The summed E-state index contributed by atoms with van der Waals surface area (Å²) in [6, 6.07) is 9.04. The SMILES string of the molecule is CCCCCNC(=O)N1CCN(c2ccc(N3CCN(C)CC3)cc2)CC1. The molecule has 150 valence electrons. The van der Waals surface area contributed by atoms with Crippen molar-refractivity contribution in [3.8, 4) is 0 Å². The summed E-state index contributed by atoms with van der Waals surface area (Å²) in [5.41, 5.74) is 2.58. The van der Waals surface area contributed by atoms with Crippen molar-refractivity contribution in [3.05, 3.63) is 24.3 Å². The van der Waals surface area contributed by atoms with Crippen LogP contribution in [0.3, 0.4) is 0 Å². The number of unbranched alkanes of at least 4 members (excludes halogenated alkanes) is 2. The van der Waals surface area contributed by atoms with Crippen LogP contribution in [-0.4, -0.2) is 81.8 Å². The second-order valence-electron chi connectivity index (χ2n) is 7.72. The number of anilines is 2. The van der Waals surface area contributed by atoms with Crippen molar-refractivity contribution < 1.29 is 4.79 Å². The quantitative estimate of drug-likeness (QED) is 0.778. The molecule has 6 heteroatoms. The molecule has 1 aromatic carbocycles. The lowest BCUT2D eigenvalue weighted by molar-refractivity contribution is 0.194. The Morgan fingerprint density at radius 2 is 1.37 bits per heavy atom. The van der Waals surface area contributed by atoms with Crippen LogP contribution >= 0.6 is 0 Å². The Morgan fingerprint density at radius 3 is 1.89 bits per heavy atom. The lowest BCUT2D eigenvalue weighted by Gasteiger charge is -2.37. The number of benzene rings is 1. The van der Waals surface area contributed by atoms with E-state index in [1.54, 1.807) is 0 Å². The van der Waals surface area contributed by atoms with Gasteiger partial charge in [-0.3, -0.25) is 0 Å². The Kier molecular flexibility index (Phi) is 7.21. The normalized spacial score (nSPS) is 18.7. The smallest absolute Gasteiger partial charge is 0.317 e. The lowest BCUT2D eigenvalue weighted by Crippen LogP contribution is -2.52. The summed E-state index contributed by atoms with van der Waals surface area (Å²) >= 11 is 0. The Labute approximate surface area is 164 Å². The standard InChI is InChI=1S/C21H35N5O/c1-3-4-5-10-22-21(27)26-17-15-25(16-18-26)20-8-6-19(7-9-20)24-13-11-23(2)12-14-24/h6-9H,3-5,10-18H2,1-2H3,(H,22,27). The topological polar surface area (TPSA) is 42.1 Å². The van der Waals surface area contributed by atoms with E-state index in [9.17, 15) is 4.79 Å². The average Bonchev–Trinajstić information content (AvgIpc) is 2.72. The second-order valence-corrected chi connectivity index (χ2v) is 7.72. The minimum Gasteiger partial charge on any atom is -0.369 e. The van der Waals surface area contributed by atoms with Gasteiger partial charge in [0.25, 0.3) is 0 Å². The molecule has 27 heavy (non-hydrogen) atoms. The van der Waals surface area contributed by atoms with Crippen molar-refractivity contribution in [3.63, 3.8) is 0 Å². The van der Waals surface area contributed by atoms with Crippen LogP contribution in [0.5, 0.6) is 0 Å². The van der Waals surface area contributed by atoms with E-state index < -0.39 is 0 Å². The number of likely N-dealkylation sites (N-methyl/N-ethyl adjacent to an activating group) is 1. The van der Waals surface area contributed by atoms with Gasteiger partial charge in [-0.15, -0.1) is 0 Å². The van der Waals surface area contributed by atoms with Crippen molar-refractivity contribution in [2.24, 2.45) is 0 Å². The summed E-state index contributed by atoms with van der Waals surface area (Å²) in [4.78, 5) is 21.4. The van der Waals surface area contributed by atoms with E-state index in [0.717, 1.165) is 65.3 Å². The zero-order chi connectivity index (χ0) is 19.1. The predicted molar refractivity (Wildman–Crippen MR) is 113 cm³/mol. The number of nitrogens with one attached hydrogen (secondary N) is 1. The van der Waals surface area contributed by atoms with E-state index in [1.165, 1.54) is 24.2 Å². The first-order valence-corrected chi connectivity index (χ1v) is 10.5. The van der Waals surface area contributed by atoms with E-state index >= 15 is 0 Å². The zero-order valence-electron chi connectivity index (χ0n) is 17.0. The minimum atomic E-state index is 0.0937. The summed E-state index contributed by atoms with van der Waals surface area (Å²) in [5.74, 6) is 0. The minimum absolute atomic E-state index is 0.0937. The van der Waals surface area contributed by atoms with Gasteiger partial charge in [0, 0.05) is 70.3 Å². The molecule has 2 amide bonds. The molecule has 2 fully saturated rings. The summed E-state index contributed by atoms with van der Waals surface area (Å²) in [6.07, 6.45) is 3.43. The first-order chi connectivity index (χ1) is 13.2. The molecular formula is C21H35N5O. The van der Waals surface area contributed by atoms with E-state index in [4.69, 9.17) is 0 Å². The van der Waals surface area contributed by atoms with Gasteiger partial charge in [-0.05, 0) is 37.7 Å². The van der Waals surface area contributed by atoms with Crippen LogP contribution in [0.4, 0.5) is 16.2 Å². The van der Waals surface area contributed by atoms with Crippen LogP contribution in [0.25, 0.3) is 0 Å². The molecular weight excluding hydrogens is 338 g/mol. The van der Waals surface area contributed by atoms with Crippen LogP contribution in [0.15, 0.2) is 24.3 Å². The number of carbonyl (C=O) groups excluding carboxylic acids is 1. The fraction of sp³-hybridized carbons (Fsp3) is 0.667. The van der Waals surface area contributed by atoms with Crippen LogP contribution in [0.2, 0.25) is 0 Å². The maximum atomic E-state index is 12.2. The molecule has 0 atom stereocenters. The Morgan fingerprint density at radius 1 is 0.852 bits per heavy atom. The maximum absolute atomic E-state index is 12.2. The highest BCUT2D eigenvalue weighted by Gasteiger charge is 2.21. The number of piperazine rings is 2. The first kappa shape index (κ1) is 19.8. The molecule has 3 rings (SSSR count). The molecule has 0 bridgehead atoms. The predicted octanol–water partition coefficient (Wildman–Crippen LogP) is 2.46. The second kappa shape index (κ2) is 9.83. The summed E-state index contributed by atoms with van der Waals surface area (Å²) < 4.78 is 0. The van der Waals surface area contributed by atoms with Gasteiger partial charge < -0.3 is 24.9 Å². The van der Waals surface area contributed by atoms with Gasteiger partial charge in [-0.1, -0.05) is 19.8 Å². The average molecular weight is 374 g/mol. The van der Waals surface area contributed by atoms with Crippen molar-refractivity contribution in [1.29, 1.82) is 0 Å². The number of hydrogen-bond acceptors (Lipinski definition) is 4. The molecule has 6 nitrogen and oxygen atoms in total. The van der Waals surface area contributed by atoms with E-state index in [2.05, 4.69) is 58.3 Å². The summed E-state index contributed by atoms with van der Waals surface area (Å²) in [7, 11) is 2.19. The number of rotatable bonds is 6. The molecule has 2 aliphatic heterocycles. The highest BCUT2D eigenvalue weighted by Crippen LogP contribution is 2.22. The fourth-order valence-electron chi connectivity index (χ4n) is 3.79. The number of amides is 2. The molecule has 2 heterocycles. The third kappa shape index (κ3) is 5.51. The maximum Gasteiger partial charge on any atom is 0.317 e. The van der Waals surface area contributed by atoms with Crippen LogP contribution in [0.1, 0.15) is 26.2 Å². The molecule has 0 radical (unpaired) electrons. The molecule has 0 spiro atoms. The molecule has 2 saturated heterocycles. The van der Waals surface area contributed by atoms with Gasteiger partial charge in [0.15, 0.2) is 0 Å². The van der Waals surface area contributed by atoms with Crippen LogP contribution in [0, 0.1) is 0 Å². The van der Waals surface area contributed by atoms with Crippen molar-refractivity contribution in [2.75, 3.05) is 75.8 Å². The van der Waals surface area contributed by atoms with Gasteiger partial charge in [0.05, 0.1) is 0 Å². The number of hydrogen-bond donors (Lipinski definition) is 1. The zero-order valence-corrected chi connectivity index (χ0v) is 17.0. The lowest BCUT2D eigenvalue weighted by atomic mass is 10.2. The Bertz CT molecular complexity index is 575. The number of carbonyl (C=O) groups is 1. The van der Waals surface area contributed by atoms with Gasteiger partial charge in [-0.2, -0.15) is 0 Å². The highest BCUT2D eigenvalue weighted by molar-refractivity contribution is 5.74. The van der Waals surface area contributed by atoms with E-state index in [-0.39, 0.29) is 6.03 Å². The molecule has 0 aliphatic carbocycles. The van der Waals surface area contributed by atoms with Gasteiger partial charge in [0.2, 0.25) is 0 Å². The fourth-order valence-corrected chi connectivity index (χ4v) is 3.79. The molecule has 2 aliphatic rings. The van der Waals surface area contributed by atoms with Crippen LogP contribution in [-0.2, 0) is 0 Å².